The molecule has 1 aromatic carbocycles. The molecule has 1 aliphatic carbocycles. The van der Waals surface area contributed by atoms with Crippen LogP contribution in [0.5, 0.6) is 5.75 Å². The average molecular weight is 343 g/mol. The normalized spacial score (nSPS) is 14.7. The second kappa shape index (κ2) is 9.75. The number of hydrogen-bond acceptors (Lipinski definition) is 4. The number of hydrogen-bond donors (Lipinski definition) is 1. The van der Waals surface area contributed by atoms with Crippen LogP contribution >= 0.6 is 12.4 Å². The van der Waals surface area contributed by atoms with Gasteiger partial charge in [0.25, 0.3) is 0 Å². The molecule has 0 aliphatic heterocycles. The number of anilines is 1. The summed E-state index contributed by atoms with van der Waals surface area (Å²) < 4.78 is 10.2. The first-order valence-corrected chi connectivity index (χ1v) is 7.83. The van der Waals surface area contributed by atoms with Crippen LogP contribution in [0.3, 0.4) is 0 Å². The zero-order chi connectivity index (χ0) is 15.9. The fraction of sp³-hybridized carbons (Fsp3) is 0.588. The van der Waals surface area contributed by atoms with Crippen molar-refractivity contribution in [2.75, 3.05) is 38.8 Å². The molecule has 0 aromatic heterocycles. The van der Waals surface area contributed by atoms with Gasteiger partial charge in [-0.3, -0.25) is 4.79 Å². The Morgan fingerprint density at radius 1 is 1.30 bits per heavy atom. The van der Waals surface area contributed by atoms with Gasteiger partial charge in [0, 0.05) is 25.4 Å². The van der Waals surface area contributed by atoms with Crippen molar-refractivity contribution in [2.24, 2.45) is 5.92 Å². The SMILES string of the molecule is COCCNCC(=O)N(c1ccc(OC)cc1)C(C)C1CC1.Cl. The van der Waals surface area contributed by atoms with Gasteiger partial charge in [0.2, 0.25) is 5.91 Å². The van der Waals surface area contributed by atoms with Crippen molar-refractivity contribution in [1.82, 2.24) is 5.32 Å². The van der Waals surface area contributed by atoms with E-state index < -0.39 is 0 Å². The van der Waals surface area contributed by atoms with Gasteiger partial charge >= 0.3 is 0 Å². The van der Waals surface area contributed by atoms with Gasteiger partial charge in [-0.25, -0.2) is 0 Å². The third-order valence-corrected chi connectivity index (χ3v) is 4.09. The number of methoxy groups -OCH3 is 2. The van der Waals surface area contributed by atoms with Crippen LogP contribution in [0.2, 0.25) is 0 Å². The Hall–Kier alpha value is -1.30. The molecule has 0 heterocycles. The molecule has 6 heteroatoms. The van der Waals surface area contributed by atoms with E-state index in [1.54, 1.807) is 14.2 Å². The van der Waals surface area contributed by atoms with E-state index in [-0.39, 0.29) is 24.4 Å². The predicted molar refractivity (Wildman–Crippen MR) is 94.7 cm³/mol. The molecule has 1 N–H and O–H groups in total. The number of carbonyl (C=O) groups excluding carboxylic acids is 1. The summed E-state index contributed by atoms with van der Waals surface area (Å²) in [6.45, 7) is 3.74. The maximum atomic E-state index is 12.6. The van der Waals surface area contributed by atoms with Gasteiger partial charge in [-0.2, -0.15) is 0 Å². The Bertz CT molecular complexity index is 477. The summed E-state index contributed by atoms with van der Waals surface area (Å²) in [4.78, 5) is 14.5. The summed E-state index contributed by atoms with van der Waals surface area (Å²) in [7, 11) is 3.30. The van der Waals surface area contributed by atoms with Crippen LogP contribution < -0.4 is 15.0 Å². The number of amides is 1. The molecule has 1 aromatic rings. The van der Waals surface area contributed by atoms with Gasteiger partial charge < -0.3 is 19.7 Å². The highest BCUT2D eigenvalue weighted by atomic mass is 35.5. The lowest BCUT2D eigenvalue weighted by Crippen LogP contribution is -2.45. The molecule has 1 fully saturated rings. The molecular weight excluding hydrogens is 316 g/mol. The molecule has 0 saturated heterocycles. The number of nitrogens with one attached hydrogen (secondary N) is 1. The number of benzene rings is 1. The fourth-order valence-corrected chi connectivity index (χ4v) is 2.59. The van der Waals surface area contributed by atoms with Gasteiger partial charge in [-0.05, 0) is 49.9 Å². The molecule has 0 bridgehead atoms. The van der Waals surface area contributed by atoms with Crippen LogP contribution in [0, 0.1) is 5.92 Å². The van der Waals surface area contributed by atoms with Crippen molar-refractivity contribution >= 4 is 24.0 Å². The van der Waals surface area contributed by atoms with Crippen molar-refractivity contribution < 1.29 is 14.3 Å². The monoisotopic (exact) mass is 342 g/mol. The first kappa shape index (κ1) is 19.7. The predicted octanol–water partition coefficient (Wildman–Crippen LogP) is 2.48. The summed E-state index contributed by atoms with van der Waals surface area (Å²) in [5.41, 5.74) is 0.929. The molecule has 1 atom stereocenters. The molecule has 1 aliphatic rings. The minimum absolute atomic E-state index is 0. The maximum absolute atomic E-state index is 12.6. The smallest absolute Gasteiger partial charge is 0.241 e. The molecule has 23 heavy (non-hydrogen) atoms. The minimum atomic E-state index is 0. The zero-order valence-corrected chi connectivity index (χ0v) is 14.9. The highest BCUT2D eigenvalue weighted by Crippen LogP contribution is 2.37. The zero-order valence-electron chi connectivity index (χ0n) is 14.1. The van der Waals surface area contributed by atoms with Crippen LogP contribution in [0.1, 0.15) is 19.8 Å². The van der Waals surface area contributed by atoms with Gasteiger partial charge in [0.05, 0.1) is 20.3 Å². The number of rotatable bonds is 9. The maximum Gasteiger partial charge on any atom is 0.241 e. The van der Waals surface area contributed by atoms with Crippen LogP contribution in [0.25, 0.3) is 0 Å². The molecule has 1 saturated carbocycles. The molecule has 130 valence electrons. The number of carbonyl (C=O) groups is 1. The minimum Gasteiger partial charge on any atom is -0.497 e. The Morgan fingerprint density at radius 2 is 1.96 bits per heavy atom. The second-order valence-corrected chi connectivity index (χ2v) is 5.71. The number of ether oxygens (including phenoxy) is 2. The molecule has 1 unspecified atom stereocenters. The van der Waals surface area contributed by atoms with E-state index in [1.807, 2.05) is 29.2 Å². The van der Waals surface area contributed by atoms with Crippen molar-refractivity contribution in [3.05, 3.63) is 24.3 Å². The van der Waals surface area contributed by atoms with E-state index in [1.165, 1.54) is 12.8 Å². The van der Waals surface area contributed by atoms with Crippen molar-refractivity contribution in [2.45, 2.75) is 25.8 Å². The van der Waals surface area contributed by atoms with Crippen LogP contribution in [0.15, 0.2) is 24.3 Å². The van der Waals surface area contributed by atoms with Crippen LogP contribution in [-0.4, -0.2) is 45.9 Å². The summed E-state index contributed by atoms with van der Waals surface area (Å²) in [5.74, 6) is 1.51. The van der Waals surface area contributed by atoms with E-state index in [0.717, 1.165) is 11.4 Å². The summed E-state index contributed by atoms with van der Waals surface area (Å²) >= 11 is 0. The number of halogens is 1. The average Bonchev–Trinajstić information content (AvgIpc) is 3.37. The summed E-state index contributed by atoms with van der Waals surface area (Å²) in [6, 6.07) is 7.92. The topological polar surface area (TPSA) is 50.8 Å². The number of nitrogens with zero attached hydrogens (tertiary/aromatic N) is 1. The molecule has 5 nitrogen and oxygen atoms in total. The molecule has 2 rings (SSSR count). The van der Waals surface area contributed by atoms with Crippen molar-refractivity contribution in [3.8, 4) is 5.75 Å². The molecular formula is C17H27ClN2O3. The van der Waals surface area contributed by atoms with Gasteiger partial charge in [-0.1, -0.05) is 0 Å². The second-order valence-electron chi connectivity index (χ2n) is 5.71. The van der Waals surface area contributed by atoms with Crippen molar-refractivity contribution in [3.63, 3.8) is 0 Å². The lowest BCUT2D eigenvalue weighted by Gasteiger charge is -2.30. The quantitative estimate of drug-likeness (QED) is 0.700. The van der Waals surface area contributed by atoms with Crippen LogP contribution in [-0.2, 0) is 9.53 Å². The van der Waals surface area contributed by atoms with E-state index in [0.29, 0.717) is 25.6 Å². The molecule has 0 radical (unpaired) electrons. The van der Waals surface area contributed by atoms with E-state index in [2.05, 4.69) is 12.2 Å². The first-order valence-electron chi connectivity index (χ1n) is 7.83. The van der Waals surface area contributed by atoms with Gasteiger partial charge in [-0.15, -0.1) is 12.4 Å². The van der Waals surface area contributed by atoms with E-state index in [4.69, 9.17) is 9.47 Å². The third kappa shape index (κ3) is 5.68. The first-order chi connectivity index (χ1) is 10.7. The Balaban J connectivity index is 0.00000264. The summed E-state index contributed by atoms with van der Waals surface area (Å²) in [5, 5.41) is 3.13. The Labute approximate surface area is 144 Å². The van der Waals surface area contributed by atoms with Gasteiger partial charge in [0.15, 0.2) is 0 Å². The van der Waals surface area contributed by atoms with Crippen LogP contribution in [0.4, 0.5) is 5.69 Å². The fourth-order valence-electron chi connectivity index (χ4n) is 2.59. The summed E-state index contributed by atoms with van der Waals surface area (Å²) in [6.07, 6.45) is 2.41. The Morgan fingerprint density at radius 3 is 2.48 bits per heavy atom. The lowest BCUT2D eigenvalue weighted by molar-refractivity contribution is -0.118. The third-order valence-electron chi connectivity index (χ3n) is 4.09. The van der Waals surface area contributed by atoms with Gasteiger partial charge in [0.1, 0.15) is 5.75 Å². The van der Waals surface area contributed by atoms with E-state index >= 15 is 0 Å². The lowest BCUT2D eigenvalue weighted by atomic mass is 10.1. The molecule has 1 amide bonds. The van der Waals surface area contributed by atoms with E-state index in [9.17, 15) is 4.79 Å². The molecule has 0 spiro atoms. The highest BCUT2D eigenvalue weighted by molar-refractivity contribution is 5.95. The largest absolute Gasteiger partial charge is 0.497 e. The Kier molecular flexibility index (Phi) is 8.37. The van der Waals surface area contributed by atoms with Crippen molar-refractivity contribution in [1.29, 1.82) is 0 Å². The highest BCUT2D eigenvalue weighted by Gasteiger charge is 2.34. The standard InChI is InChI=1S/C17H26N2O3.ClH/c1-13(14-4-5-14)19(17(20)12-18-10-11-21-2)15-6-8-16(22-3)9-7-15;/h6-9,13-14,18H,4-5,10-12H2,1-3H3;1H.